The van der Waals surface area contributed by atoms with Gasteiger partial charge in [-0.1, -0.05) is 18.7 Å². The van der Waals surface area contributed by atoms with Crippen LogP contribution in [-0.2, 0) is 4.74 Å². The van der Waals surface area contributed by atoms with E-state index in [2.05, 4.69) is 11.3 Å². The molecule has 0 unspecified atom stereocenters. The van der Waals surface area contributed by atoms with E-state index in [9.17, 15) is 22.7 Å². The van der Waals surface area contributed by atoms with Crippen LogP contribution < -0.4 is 0 Å². The van der Waals surface area contributed by atoms with Crippen molar-refractivity contribution in [1.82, 2.24) is 0 Å². The van der Waals surface area contributed by atoms with Crippen LogP contribution in [-0.4, -0.2) is 18.1 Å². The quantitative estimate of drug-likeness (QED) is 0.489. The third-order valence-corrected chi connectivity index (χ3v) is 2.77. The van der Waals surface area contributed by atoms with Gasteiger partial charge in [-0.3, -0.25) is 0 Å². The standard InChI is InChI=1S/C16H16F4O2/c1-10(8-12(3)22-16(18,19)20)15(11(2)9-21)13-4-6-14(17)7-5-13/h4-8,21H,1,9H2,2-3H3/b12-8+,15-11-. The number of allylic oxidation sites excluding steroid dienone is 4. The molecule has 6 heteroatoms. The molecule has 0 aliphatic rings. The molecular formula is C16H16F4O2. The molecule has 1 N–H and O–H groups in total. The number of halogens is 4. The molecule has 0 atom stereocenters. The predicted octanol–water partition coefficient (Wildman–Crippen LogP) is 4.59. The number of aliphatic hydroxyl groups excluding tert-OH is 1. The molecule has 0 aliphatic carbocycles. The fourth-order valence-corrected chi connectivity index (χ4v) is 1.93. The first-order chi connectivity index (χ1) is 10.1. The van der Waals surface area contributed by atoms with Gasteiger partial charge in [0.1, 0.15) is 11.6 Å². The molecular weight excluding hydrogens is 300 g/mol. The Morgan fingerprint density at radius 2 is 1.77 bits per heavy atom. The van der Waals surface area contributed by atoms with Crippen LogP contribution in [0.5, 0.6) is 0 Å². The molecule has 0 saturated carbocycles. The maximum atomic E-state index is 13.0. The van der Waals surface area contributed by atoms with E-state index >= 15 is 0 Å². The number of aliphatic hydroxyl groups is 1. The molecule has 120 valence electrons. The first-order valence-corrected chi connectivity index (χ1v) is 6.34. The van der Waals surface area contributed by atoms with Crippen LogP contribution in [0.4, 0.5) is 17.6 Å². The molecule has 1 rings (SSSR count). The summed E-state index contributed by atoms with van der Waals surface area (Å²) in [7, 11) is 0. The summed E-state index contributed by atoms with van der Waals surface area (Å²) >= 11 is 0. The van der Waals surface area contributed by atoms with Gasteiger partial charge in [0, 0.05) is 0 Å². The maximum absolute atomic E-state index is 13.0. The van der Waals surface area contributed by atoms with Gasteiger partial charge in [0.15, 0.2) is 0 Å². The number of alkyl halides is 3. The number of ether oxygens (including phenoxy) is 1. The predicted molar refractivity (Wildman–Crippen MR) is 76.1 cm³/mol. The Kier molecular flexibility index (Phi) is 5.93. The topological polar surface area (TPSA) is 29.5 Å². The van der Waals surface area contributed by atoms with E-state index in [0.29, 0.717) is 16.7 Å². The summed E-state index contributed by atoms with van der Waals surface area (Å²) < 4.78 is 53.3. The Labute approximate surface area is 126 Å². The minimum absolute atomic E-state index is 0.222. The zero-order valence-corrected chi connectivity index (χ0v) is 12.2. The van der Waals surface area contributed by atoms with Crippen molar-refractivity contribution in [3.05, 3.63) is 65.2 Å². The lowest BCUT2D eigenvalue weighted by Gasteiger charge is -2.14. The Bertz CT molecular complexity index is 596. The van der Waals surface area contributed by atoms with Gasteiger partial charge < -0.3 is 9.84 Å². The van der Waals surface area contributed by atoms with Crippen LogP contribution in [0.2, 0.25) is 0 Å². The molecule has 0 fully saturated rings. The van der Waals surface area contributed by atoms with Crippen molar-refractivity contribution in [1.29, 1.82) is 0 Å². The van der Waals surface area contributed by atoms with Crippen molar-refractivity contribution in [2.24, 2.45) is 0 Å². The van der Waals surface area contributed by atoms with Crippen LogP contribution in [0.25, 0.3) is 5.57 Å². The molecule has 0 spiro atoms. The highest BCUT2D eigenvalue weighted by Gasteiger charge is 2.31. The minimum Gasteiger partial charge on any atom is -0.411 e. The lowest BCUT2D eigenvalue weighted by molar-refractivity contribution is -0.305. The van der Waals surface area contributed by atoms with Gasteiger partial charge in [0.05, 0.1) is 6.61 Å². The highest BCUT2D eigenvalue weighted by molar-refractivity contribution is 5.83. The van der Waals surface area contributed by atoms with Crippen LogP contribution in [0.15, 0.2) is 53.8 Å². The van der Waals surface area contributed by atoms with Gasteiger partial charge in [-0.05, 0) is 54.3 Å². The van der Waals surface area contributed by atoms with Gasteiger partial charge in [-0.25, -0.2) is 4.39 Å². The summed E-state index contributed by atoms with van der Waals surface area (Å²) in [6.07, 6.45) is -3.67. The average Bonchev–Trinajstić information content (AvgIpc) is 2.38. The monoisotopic (exact) mass is 316 g/mol. The summed E-state index contributed by atoms with van der Waals surface area (Å²) in [6.45, 7) is 6.16. The zero-order valence-electron chi connectivity index (χ0n) is 12.2. The maximum Gasteiger partial charge on any atom is 0.572 e. The van der Waals surface area contributed by atoms with Crippen molar-refractivity contribution in [3.63, 3.8) is 0 Å². The molecule has 0 radical (unpaired) electrons. The van der Waals surface area contributed by atoms with E-state index in [1.807, 2.05) is 0 Å². The van der Waals surface area contributed by atoms with Crippen molar-refractivity contribution < 1.29 is 27.4 Å². The Balaban J connectivity index is 3.17. The summed E-state index contributed by atoms with van der Waals surface area (Å²) in [5.41, 5.74) is 1.69. The highest BCUT2D eigenvalue weighted by Crippen LogP contribution is 2.29. The summed E-state index contributed by atoms with van der Waals surface area (Å²) in [5, 5.41) is 9.29. The molecule has 0 heterocycles. The average molecular weight is 316 g/mol. The minimum atomic E-state index is -4.79. The fraction of sp³-hybridized carbons (Fsp3) is 0.250. The van der Waals surface area contributed by atoms with Gasteiger partial charge in [-0.2, -0.15) is 0 Å². The van der Waals surface area contributed by atoms with Crippen molar-refractivity contribution >= 4 is 5.57 Å². The van der Waals surface area contributed by atoms with Crippen LogP contribution in [0.3, 0.4) is 0 Å². The normalized spacial score (nSPS) is 13.7. The van der Waals surface area contributed by atoms with E-state index in [0.717, 1.165) is 13.0 Å². The number of hydrogen-bond donors (Lipinski definition) is 1. The van der Waals surface area contributed by atoms with E-state index in [4.69, 9.17) is 0 Å². The van der Waals surface area contributed by atoms with Gasteiger partial charge in [-0.15, -0.1) is 13.2 Å². The fourth-order valence-electron chi connectivity index (χ4n) is 1.93. The third kappa shape index (κ3) is 5.37. The molecule has 0 saturated heterocycles. The summed E-state index contributed by atoms with van der Waals surface area (Å²) in [5.74, 6) is -0.828. The first kappa shape index (κ1) is 18.0. The third-order valence-electron chi connectivity index (χ3n) is 2.77. The van der Waals surface area contributed by atoms with E-state index < -0.39 is 12.2 Å². The van der Waals surface area contributed by atoms with Crippen molar-refractivity contribution in [3.8, 4) is 0 Å². The second kappa shape index (κ2) is 7.26. The second-order valence-electron chi connectivity index (χ2n) is 4.65. The Hall–Kier alpha value is -2.08. The van der Waals surface area contributed by atoms with Gasteiger partial charge >= 0.3 is 6.36 Å². The Morgan fingerprint density at radius 3 is 2.23 bits per heavy atom. The molecule has 0 aromatic heterocycles. The molecule has 1 aromatic rings. The summed E-state index contributed by atoms with van der Waals surface area (Å²) in [6, 6.07) is 5.36. The molecule has 0 aliphatic heterocycles. The first-order valence-electron chi connectivity index (χ1n) is 6.34. The van der Waals surface area contributed by atoms with Crippen LogP contribution in [0, 0.1) is 5.82 Å². The molecule has 22 heavy (non-hydrogen) atoms. The smallest absolute Gasteiger partial charge is 0.411 e. The molecule has 1 aromatic carbocycles. The Morgan fingerprint density at radius 1 is 1.23 bits per heavy atom. The van der Waals surface area contributed by atoms with Crippen molar-refractivity contribution in [2.75, 3.05) is 6.61 Å². The zero-order chi connectivity index (χ0) is 16.9. The largest absolute Gasteiger partial charge is 0.572 e. The van der Waals surface area contributed by atoms with Gasteiger partial charge in [0.2, 0.25) is 0 Å². The highest BCUT2D eigenvalue weighted by atomic mass is 19.4. The SMILES string of the molecule is C=C(/C=C(\C)OC(F)(F)F)/C(=C(\C)CO)c1ccc(F)cc1. The second-order valence-corrected chi connectivity index (χ2v) is 4.65. The lowest BCUT2D eigenvalue weighted by Crippen LogP contribution is -2.11. The lowest BCUT2D eigenvalue weighted by atomic mass is 9.94. The number of benzene rings is 1. The van der Waals surface area contributed by atoms with Crippen LogP contribution >= 0.6 is 0 Å². The van der Waals surface area contributed by atoms with E-state index in [1.54, 1.807) is 6.92 Å². The molecule has 0 amide bonds. The molecule has 2 nitrogen and oxygen atoms in total. The van der Waals surface area contributed by atoms with Gasteiger partial charge in [0.25, 0.3) is 0 Å². The summed E-state index contributed by atoms with van der Waals surface area (Å²) in [4.78, 5) is 0. The number of rotatable bonds is 5. The van der Waals surface area contributed by atoms with Crippen molar-refractivity contribution in [2.45, 2.75) is 20.2 Å². The van der Waals surface area contributed by atoms with E-state index in [1.165, 1.54) is 24.3 Å². The number of hydrogen-bond acceptors (Lipinski definition) is 2. The van der Waals surface area contributed by atoms with Crippen LogP contribution in [0.1, 0.15) is 19.4 Å². The van der Waals surface area contributed by atoms with E-state index in [-0.39, 0.29) is 17.9 Å². The molecule has 0 bridgehead atoms.